The summed E-state index contributed by atoms with van der Waals surface area (Å²) in [5.41, 5.74) is 2.10. The first kappa shape index (κ1) is 19.7. The van der Waals surface area contributed by atoms with Crippen LogP contribution < -0.4 is 5.32 Å². The summed E-state index contributed by atoms with van der Waals surface area (Å²) in [4.78, 5) is 12.2. The summed E-state index contributed by atoms with van der Waals surface area (Å²) in [5, 5.41) is 11.1. The maximum atomic E-state index is 12.2. The number of hydrogen-bond donors (Lipinski definition) is 1. The summed E-state index contributed by atoms with van der Waals surface area (Å²) in [6.07, 6.45) is 7.32. The number of nitrogens with one attached hydrogen (secondary N) is 1. The molecule has 0 atom stereocenters. The lowest BCUT2D eigenvalue weighted by Gasteiger charge is -2.10. The van der Waals surface area contributed by atoms with Crippen molar-refractivity contribution in [3.05, 3.63) is 41.6 Å². The highest BCUT2D eigenvalue weighted by atomic mass is 35.5. The van der Waals surface area contributed by atoms with Gasteiger partial charge >= 0.3 is 0 Å². The van der Waals surface area contributed by atoms with Crippen LogP contribution in [0.2, 0.25) is 5.15 Å². The predicted octanol–water partition coefficient (Wildman–Crippen LogP) is 6.42. The van der Waals surface area contributed by atoms with Gasteiger partial charge in [-0.3, -0.25) is 4.79 Å². The monoisotopic (exact) mass is 377 g/mol. The van der Waals surface area contributed by atoms with E-state index in [2.05, 4.69) is 22.4 Å². The van der Waals surface area contributed by atoms with E-state index in [4.69, 9.17) is 11.6 Å². The van der Waals surface area contributed by atoms with E-state index in [9.17, 15) is 4.79 Å². The molecule has 1 aromatic carbocycles. The minimum absolute atomic E-state index is 0.0881. The van der Waals surface area contributed by atoms with Crippen molar-refractivity contribution in [2.45, 2.75) is 45.4 Å². The molecule has 0 fully saturated rings. The number of halogens is 1. The summed E-state index contributed by atoms with van der Waals surface area (Å²) in [7, 11) is 0. The number of amides is 1. The molecular formula is C19H24ClN3OS. The highest BCUT2D eigenvalue weighted by molar-refractivity contribution is 8.13. The number of unbranched alkanes of at least 4 members (excludes halogenated alkanes) is 5. The first-order chi connectivity index (χ1) is 12.2. The lowest BCUT2D eigenvalue weighted by molar-refractivity contribution is 0.269. The van der Waals surface area contributed by atoms with Gasteiger partial charge in [0, 0.05) is 17.4 Å². The van der Waals surface area contributed by atoms with E-state index < -0.39 is 0 Å². The Balaban J connectivity index is 1.87. The maximum absolute atomic E-state index is 12.2. The van der Waals surface area contributed by atoms with Crippen LogP contribution in [0.25, 0.3) is 11.3 Å². The van der Waals surface area contributed by atoms with E-state index in [0.29, 0.717) is 11.4 Å². The van der Waals surface area contributed by atoms with E-state index in [1.807, 2.05) is 30.3 Å². The van der Waals surface area contributed by atoms with E-state index >= 15 is 0 Å². The molecule has 0 aliphatic heterocycles. The smallest absolute Gasteiger partial charge is 0.283 e. The zero-order valence-electron chi connectivity index (χ0n) is 14.5. The summed E-state index contributed by atoms with van der Waals surface area (Å²) < 4.78 is 0. The third-order valence-corrected chi connectivity index (χ3v) is 4.82. The second kappa shape index (κ2) is 11.1. The molecule has 2 rings (SSSR count). The van der Waals surface area contributed by atoms with Crippen molar-refractivity contribution in [3.63, 3.8) is 0 Å². The van der Waals surface area contributed by atoms with Gasteiger partial charge in [-0.1, -0.05) is 92.7 Å². The number of carbonyl (C=O) groups excluding carboxylic acids is 1. The number of benzene rings is 1. The molecular weight excluding hydrogens is 354 g/mol. The van der Waals surface area contributed by atoms with Crippen LogP contribution in [0.1, 0.15) is 45.4 Å². The van der Waals surface area contributed by atoms with Crippen molar-refractivity contribution in [1.82, 2.24) is 10.2 Å². The molecule has 1 N–H and O–H groups in total. The minimum Gasteiger partial charge on any atom is -0.315 e. The van der Waals surface area contributed by atoms with Crippen LogP contribution in [0.4, 0.5) is 10.5 Å². The van der Waals surface area contributed by atoms with Gasteiger partial charge in [0.05, 0.1) is 5.69 Å². The van der Waals surface area contributed by atoms with Crippen LogP contribution in [0.3, 0.4) is 0 Å². The van der Waals surface area contributed by atoms with Crippen LogP contribution in [-0.4, -0.2) is 21.2 Å². The van der Waals surface area contributed by atoms with Gasteiger partial charge in [-0.2, -0.15) is 0 Å². The van der Waals surface area contributed by atoms with Crippen molar-refractivity contribution in [1.29, 1.82) is 0 Å². The lowest BCUT2D eigenvalue weighted by atomic mass is 10.1. The number of aromatic nitrogens is 2. The molecule has 0 unspecified atom stereocenters. The van der Waals surface area contributed by atoms with E-state index in [-0.39, 0.29) is 10.4 Å². The van der Waals surface area contributed by atoms with Gasteiger partial charge in [-0.05, 0) is 6.42 Å². The average molecular weight is 378 g/mol. The normalized spacial score (nSPS) is 10.6. The predicted molar refractivity (Wildman–Crippen MR) is 107 cm³/mol. The largest absolute Gasteiger partial charge is 0.315 e. The summed E-state index contributed by atoms with van der Waals surface area (Å²) in [5.74, 6) is 0.824. The molecule has 0 saturated heterocycles. The van der Waals surface area contributed by atoms with Crippen LogP contribution in [0, 0.1) is 0 Å². The number of thioether (sulfide) groups is 1. The molecule has 1 aromatic heterocycles. The molecule has 2 aromatic rings. The number of hydrogen-bond acceptors (Lipinski definition) is 4. The van der Waals surface area contributed by atoms with Gasteiger partial charge in [-0.15, -0.1) is 10.2 Å². The van der Waals surface area contributed by atoms with Crippen LogP contribution in [0.5, 0.6) is 0 Å². The minimum atomic E-state index is -0.0881. The van der Waals surface area contributed by atoms with Gasteiger partial charge < -0.3 is 5.32 Å². The van der Waals surface area contributed by atoms with E-state index in [1.54, 1.807) is 6.07 Å². The Morgan fingerprint density at radius 3 is 2.56 bits per heavy atom. The topological polar surface area (TPSA) is 54.9 Å². The second-order valence-electron chi connectivity index (χ2n) is 5.82. The summed E-state index contributed by atoms with van der Waals surface area (Å²) in [6, 6.07) is 11.3. The fourth-order valence-corrected chi connectivity index (χ4v) is 3.33. The van der Waals surface area contributed by atoms with Crippen molar-refractivity contribution in [2.24, 2.45) is 0 Å². The Kier molecular flexibility index (Phi) is 8.77. The number of rotatable bonds is 9. The molecule has 0 aliphatic carbocycles. The molecule has 0 bridgehead atoms. The molecule has 6 heteroatoms. The molecule has 4 nitrogen and oxygen atoms in total. The quantitative estimate of drug-likeness (QED) is 0.512. The third-order valence-electron chi connectivity index (χ3n) is 3.78. The third kappa shape index (κ3) is 7.04. The average Bonchev–Trinajstić information content (AvgIpc) is 2.62. The molecule has 25 heavy (non-hydrogen) atoms. The van der Waals surface area contributed by atoms with Gasteiger partial charge in [-0.25, -0.2) is 0 Å². The van der Waals surface area contributed by atoms with E-state index in [1.165, 1.54) is 43.9 Å². The highest BCUT2D eigenvalue weighted by Crippen LogP contribution is 2.27. The molecule has 0 aliphatic rings. The van der Waals surface area contributed by atoms with Crippen molar-refractivity contribution >= 4 is 34.3 Å². The van der Waals surface area contributed by atoms with Crippen molar-refractivity contribution in [3.8, 4) is 11.3 Å². The zero-order valence-corrected chi connectivity index (χ0v) is 16.1. The van der Waals surface area contributed by atoms with Gasteiger partial charge in [0.2, 0.25) is 0 Å². The highest BCUT2D eigenvalue weighted by Gasteiger charge is 2.12. The molecule has 1 amide bonds. The van der Waals surface area contributed by atoms with Crippen molar-refractivity contribution < 1.29 is 4.79 Å². The fourth-order valence-electron chi connectivity index (χ4n) is 2.47. The van der Waals surface area contributed by atoms with Crippen LogP contribution >= 0.6 is 23.4 Å². The second-order valence-corrected chi connectivity index (χ2v) is 7.28. The first-order valence-corrected chi connectivity index (χ1v) is 10.1. The summed E-state index contributed by atoms with van der Waals surface area (Å²) in [6.45, 7) is 2.21. The first-order valence-electron chi connectivity index (χ1n) is 8.73. The Hall–Kier alpha value is -1.59. The molecule has 0 radical (unpaired) electrons. The maximum Gasteiger partial charge on any atom is 0.283 e. The van der Waals surface area contributed by atoms with Gasteiger partial charge in [0.1, 0.15) is 5.69 Å². The zero-order chi connectivity index (χ0) is 17.9. The van der Waals surface area contributed by atoms with E-state index in [0.717, 1.165) is 17.7 Å². The number of carbonyl (C=O) groups is 1. The lowest BCUT2D eigenvalue weighted by Crippen LogP contribution is -2.08. The Labute approximate surface area is 158 Å². The standard InChI is InChI=1S/C19H24ClN3OS/c1-2-3-4-5-6-10-13-25-19(24)21-16-14-17(20)22-23-18(16)15-11-8-7-9-12-15/h7-9,11-12,14H,2-6,10,13H2,1H3,(H,21,22,24). The van der Waals surface area contributed by atoms with Gasteiger partial charge in [0.25, 0.3) is 5.24 Å². The molecule has 134 valence electrons. The van der Waals surface area contributed by atoms with Crippen LogP contribution in [-0.2, 0) is 0 Å². The van der Waals surface area contributed by atoms with Crippen LogP contribution in [0.15, 0.2) is 36.4 Å². The Morgan fingerprint density at radius 2 is 1.80 bits per heavy atom. The summed E-state index contributed by atoms with van der Waals surface area (Å²) >= 11 is 7.25. The molecule has 0 spiro atoms. The molecule has 0 saturated carbocycles. The Morgan fingerprint density at radius 1 is 1.08 bits per heavy atom. The fraction of sp³-hybridized carbons (Fsp3) is 0.421. The SMILES string of the molecule is CCCCCCCCSC(=O)Nc1cc(Cl)nnc1-c1ccccc1. The van der Waals surface area contributed by atoms with Crippen molar-refractivity contribution in [2.75, 3.05) is 11.1 Å². The Bertz CT molecular complexity index is 667. The number of nitrogens with zero attached hydrogens (tertiary/aromatic N) is 2. The van der Waals surface area contributed by atoms with Gasteiger partial charge in [0.15, 0.2) is 5.15 Å². The molecule has 1 heterocycles. The number of anilines is 1.